The number of hydrogen-bond donors (Lipinski definition) is 1. The second kappa shape index (κ2) is 8.02. The molecular weight excluding hydrogens is 291 g/mol. The topological polar surface area (TPSA) is 83.6 Å². The van der Waals surface area contributed by atoms with Crippen molar-refractivity contribution >= 4 is 24.5 Å². The van der Waals surface area contributed by atoms with Crippen LogP contribution in [0.5, 0.6) is 0 Å². The van der Waals surface area contributed by atoms with Crippen molar-refractivity contribution in [2.45, 2.75) is 25.8 Å². The van der Waals surface area contributed by atoms with E-state index in [1.165, 1.54) is 24.1 Å². The molecule has 0 heterocycles. The average molecular weight is 308 g/mol. The normalized spacial score (nSPS) is 11.4. The molecule has 0 fully saturated rings. The first-order chi connectivity index (χ1) is 10.4. The molecule has 1 rings (SSSR count). The van der Waals surface area contributed by atoms with Gasteiger partial charge in [0.05, 0.1) is 11.1 Å². The number of nitrogens with one attached hydrogen (secondary N) is 1. The third-order valence-corrected chi connectivity index (χ3v) is 3.39. The number of rotatable bonds is 7. The van der Waals surface area contributed by atoms with E-state index < -0.39 is 17.6 Å². The van der Waals surface area contributed by atoms with Crippen LogP contribution in [0.25, 0.3) is 0 Å². The summed E-state index contributed by atoms with van der Waals surface area (Å²) in [4.78, 5) is 45.9. The van der Waals surface area contributed by atoms with Crippen LogP contribution in [-0.4, -0.2) is 42.5 Å². The highest BCUT2D eigenvalue weighted by molar-refractivity contribution is 6.01. The van der Waals surface area contributed by atoms with Crippen molar-refractivity contribution in [3.63, 3.8) is 0 Å². The van der Waals surface area contributed by atoms with Crippen molar-refractivity contribution in [1.82, 2.24) is 10.2 Å². The molecule has 1 N–H and O–H groups in total. The van der Waals surface area contributed by atoms with Crippen molar-refractivity contribution in [3.05, 3.63) is 35.1 Å². The van der Waals surface area contributed by atoms with Gasteiger partial charge in [-0.05, 0) is 25.5 Å². The molecule has 1 aromatic rings. The number of carbonyl (C=O) groups excluding carboxylic acids is 4. The molecule has 0 aliphatic rings. The average Bonchev–Trinajstić information content (AvgIpc) is 2.51. The van der Waals surface area contributed by atoms with E-state index in [1.807, 2.05) is 5.32 Å². The zero-order valence-electron chi connectivity index (χ0n) is 12.3. The van der Waals surface area contributed by atoms with Crippen LogP contribution < -0.4 is 5.32 Å². The molecule has 0 bridgehead atoms. The van der Waals surface area contributed by atoms with Gasteiger partial charge in [-0.15, -0.1) is 0 Å². The third-order valence-electron chi connectivity index (χ3n) is 3.39. The van der Waals surface area contributed by atoms with Crippen LogP contribution in [0.3, 0.4) is 0 Å². The summed E-state index contributed by atoms with van der Waals surface area (Å²) in [5, 5.41) is 2.01. The number of amides is 3. The van der Waals surface area contributed by atoms with E-state index >= 15 is 0 Å². The summed E-state index contributed by atoms with van der Waals surface area (Å²) in [6, 6.07) is 3.50. The Balaban J connectivity index is 2.80. The van der Waals surface area contributed by atoms with E-state index in [-0.39, 0.29) is 23.6 Å². The minimum absolute atomic E-state index is 0.0262. The lowest BCUT2D eigenvalue weighted by Crippen LogP contribution is -2.36. The summed E-state index contributed by atoms with van der Waals surface area (Å²) in [6.45, 7) is 1.71. The molecule has 0 radical (unpaired) electrons. The van der Waals surface area contributed by atoms with Gasteiger partial charge < -0.3 is 4.90 Å². The molecule has 0 spiro atoms. The van der Waals surface area contributed by atoms with Gasteiger partial charge in [0, 0.05) is 19.5 Å². The number of aldehydes is 1. The van der Waals surface area contributed by atoms with E-state index in [4.69, 9.17) is 0 Å². The standard InChI is InChI=1S/C15H17FN2O4/c1-10(6-7-14(21)17-9-20)18(2)15(22)11-4-3-5-13(16)12(11)8-19/h3-5,8-10H,6-7H2,1-2H3,(H,17,20,21). The van der Waals surface area contributed by atoms with Gasteiger partial charge in [0.1, 0.15) is 5.82 Å². The first-order valence-electron chi connectivity index (χ1n) is 6.66. The monoisotopic (exact) mass is 308 g/mol. The molecule has 1 atom stereocenters. The number of benzene rings is 1. The molecule has 6 nitrogen and oxygen atoms in total. The number of halogens is 1. The van der Waals surface area contributed by atoms with Gasteiger partial charge in [-0.25, -0.2) is 4.39 Å². The summed E-state index contributed by atoms with van der Waals surface area (Å²) in [6.07, 6.45) is 0.998. The van der Waals surface area contributed by atoms with Crippen LogP contribution >= 0.6 is 0 Å². The Kier molecular flexibility index (Phi) is 6.37. The van der Waals surface area contributed by atoms with Crippen molar-refractivity contribution in [1.29, 1.82) is 0 Å². The van der Waals surface area contributed by atoms with Crippen LogP contribution in [0.1, 0.15) is 40.5 Å². The van der Waals surface area contributed by atoms with E-state index in [9.17, 15) is 23.6 Å². The molecule has 1 aromatic carbocycles. The van der Waals surface area contributed by atoms with E-state index in [0.717, 1.165) is 6.07 Å². The van der Waals surface area contributed by atoms with Gasteiger partial charge in [0.25, 0.3) is 5.91 Å². The molecular formula is C15H17FN2O4. The lowest BCUT2D eigenvalue weighted by Gasteiger charge is -2.25. The lowest BCUT2D eigenvalue weighted by molar-refractivity contribution is -0.125. The molecule has 7 heteroatoms. The summed E-state index contributed by atoms with van der Waals surface area (Å²) in [7, 11) is 1.50. The Morgan fingerprint density at radius 1 is 1.36 bits per heavy atom. The van der Waals surface area contributed by atoms with Gasteiger partial charge in [-0.2, -0.15) is 0 Å². The summed E-state index contributed by atoms with van der Waals surface area (Å²) in [5.74, 6) is -1.71. The number of carbonyl (C=O) groups is 4. The fraction of sp³-hybridized carbons (Fsp3) is 0.333. The van der Waals surface area contributed by atoms with Crippen molar-refractivity contribution in [2.24, 2.45) is 0 Å². The van der Waals surface area contributed by atoms with Crippen molar-refractivity contribution < 1.29 is 23.6 Å². The zero-order valence-corrected chi connectivity index (χ0v) is 12.3. The fourth-order valence-electron chi connectivity index (χ4n) is 1.90. The number of nitrogens with zero attached hydrogens (tertiary/aromatic N) is 1. The van der Waals surface area contributed by atoms with Gasteiger partial charge in [0.2, 0.25) is 12.3 Å². The quantitative estimate of drug-likeness (QED) is 0.766. The van der Waals surface area contributed by atoms with E-state index in [1.54, 1.807) is 6.92 Å². The highest BCUT2D eigenvalue weighted by Crippen LogP contribution is 2.16. The maximum Gasteiger partial charge on any atom is 0.254 e. The summed E-state index contributed by atoms with van der Waals surface area (Å²) in [5.41, 5.74) is -0.313. The van der Waals surface area contributed by atoms with Crippen LogP contribution in [-0.2, 0) is 9.59 Å². The highest BCUT2D eigenvalue weighted by atomic mass is 19.1. The lowest BCUT2D eigenvalue weighted by atomic mass is 10.0. The largest absolute Gasteiger partial charge is 0.339 e. The van der Waals surface area contributed by atoms with Crippen molar-refractivity contribution in [2.75, 3.05) is 7.05 Å². The van der Waals surface area contributed by atoms with Gasteiger partial charge in [-0.1, -0.05) is 6.07 Å². The highest BCUT2D eigenvalue weighted by Gasteiger charge is 2.22. The summed E-state index contributed by atoms with van der Waals surface area (Å²) >= 11 is 0. The third kappa shape index (κ3) is 4.21. The molecule has 0 aliphatic carbocycles. The van der Waals surface area contributed by atoms with Gasteiger partial charge in [-0.3, -0.25) is 24.5 Å². The molecule has 0 aromatic heterocycles. The van der Waals surface area contributed by atoms with E-state index in [2.05, 4.69) is 0 Å². The molecule has 3 amide bonds. The van der Waals surface area contributed by atoms with Crippen LogP contribution in [0, 0.1) is 5.82 Å². The summed E-state index contributed by atoms with van der Waals surface area (Å²) < 4.78 is 13.5. The Morgan fingerprint density at radius 2 is 2.05 bits per heavy atom. The van der Waals surface area contributed by atoms with Crippen LogP contribution in [0.4, 0.5) is 4.39 Å². The second-order valence-electron chi connectivity index (χ2n) is 4.81. The minimum Gasteiger partial charge on any atom is -0.339 e. The van der Waals surface area contributed by atoms with Crippen LogP contribution in [0.15, 0.2) is 18.2 Å². The molecule has 22 heavy (non-hydrogen) atoms. The zero-order chi connectivity index (χ0) is 16.7. The predicted octanol–water partition coefficient (Wildman–Crippen LogP) is 1.15. The fourth-order valence-corrected chi connectivity index (χ4v) is 1.90. The van der Waals surface area contributed by atoms with Crippen molar-refractivity contribution in [3.8, 4) is 0 Å². The van der Waals surface area contributed by atoms with Gasteiger partial charge in [0.15, 0.2) is 6.29 Å². The Morgan fingerprint density at radius 3 is 2.64 bits per heavy atom. The van der Waals surface area contributed by atoms with Gasteiger partial charge >= 0.3 is 0 Å². The van der Waals surface area contributed by atoms with Crippen LogP contribution in [0.2, 0.25) is 0 Å². The maximum atomic E-state index is 13.5. The molecule has 0 saturated carbocycles. The first-order valence-corrected chi connectivity index (χ1v) is 6.66. The smallest absolute Gasteiger partial charge is 0.254 e. The molecule has 118 valence electrons. The molecule has 0 aliphatic heterocycles. The predicted molar refractivity (Wildman–Crippen MR) is 76.8 cm³/mol. The number of imide groups is 1. The number of hydrogen-bond acceptors (Lipinski definition) is 4. The Labute approximate surface area is 127 Å². The Hall–Kier alpha value is -2.57. The first kappa shape index (κ1) is 17.5. The molecule has 1 unspecified atom stereocenters. The second-order valence-corrected chi connectivity index (χ2v) is 4.81. The SMILES string of the molecule is CC(CCC(=O)NC=O)N(C)C(=O)c1cccc(F)c1C=O. The minimum atomic E-state index is -0.757. The Bertz CT molecular complexity index is 589. The molecule has 0 saturated heterocycles. The van der Waals surface area contributed by atoms with E-state index in [0.29, 0.717) is 19.1 Å². The maximum absolute atomic E-state index is 13.5.